The van der Waals surface area contributed by atoms with E-state index in [2.05, 4.69) is 4.74 Å². The molecule has 5 nitrogen and oxygen atoms in total. The summed E-state index contributed by atoms with van der Waals surface area (Å²) in [5.41, 5.74) is 0. The normalized spacial score (nSPS) is 19.7. The average molecular weight is 290 g/mol. The van der Waals surface area contributed by atoms with E-state index in [1.807, 2.05) is 0 Å². The quantitative estimate of drug-likeness (QED) is 0.773. The summed E-state index contributed by atoms with van der Waals surface area (Å²) in [7, 11) is 1.29. The fraction of sp³-hybridized carbons (Fsp3) is 0.455. The number of methoxy groups -OCH3 is 1. The van der Waals surface area contributed by atoms with E-state index < -0.39 is 12.1 Å². The number of ether oxygens (including phenoxy) is 2. The van der Waals surface area contributed by atoms with Gasteiger partial charge < -0.3 is 14.4 Å². The Morgan fingerprint density at radius 2 is 2.39 bits per heavy atom. The maximum Gasteiger partial charge on any atom is 0.336 e. The summed E-state index contributed by atoms with van der Waals surface area (Å²) in [6.07, 6.45) is -0.716. The maximum atomic E-state index is 12.2. The van der Waals surface area contributed by atoms with Gasteiger partial charge in [0.2, 0.25) is 0 Å². The number of hydrogen-bond donors (Lipinski definition) is 0. The molecule has 2 rings (SSSR count). The van der Waals surface area contributed by atoms with Crippen LogP contribution in [0.2, 0.25) is 5.02 Å². The molecule has 0 spiro atoms. The molecule has 18 heavy (non-hydrogen) atoms. The molecule has 1 fully saturated rings. The monoisotopic (exact) mass is 289 g/mol. The van der Waals surface area contributed by atoms with Crippen LogP contribution in [-0.4, -0.2) is 49.7 Å². The van der Waals surface area contributed by atoms with Crippen LogP contribution in [0.3, 0.4) is 0 Å². The van der Waals surface area contributed by atoms with E-state index in [1.165, 1.54) is 18.4 Å². The Bertz CT molecular complexity index is 462. The standard InChI is InChI=1S/C11H12ClNO4S/c1-16-11(15)8-6-13(3-4-17-8)10(14)9-7(12)2-5-18-9/h2,5,8H,3-4,6H2,1H3. The van der Waals surface area contributed by atoms with Crippen LogP contribution in [0.1, 0.15) is 9.67 Å². The molecule has 1 amide bonds. The lowest BCUT2D eigenvalue weighted by Crippen LogP contribution is -2.48. The molecule has 0 N–H and O–H groups in total. The minimum absolute atomic E-state index is 0.174. The van der Waals surface area contributed by atoms with Crippen molar-refractivity contribution in [2.45, 2.75) is 6.10 Å². The molecule has 0 aromatic carbocycles. The van der Waals surface area contributed by atoms with Gasteiger partial charge in [-0.05, 0) is 11.4 Å². The molecule has 0 bridgehead atoms. The SMILES string of the molecule is COC(=O)C1CN(C(=O)c2sccc2Cl)CCO1. The minimum atomic E-state index is -0.716. The Balaban J connectivity index is 2.07. The molecule has 0 radical (unpaired) electrons. The van der Waals surface area contributed by atoms with Crippen molar-refractivity contribution < 1.29 is 19.1 Å². The number of amides is 1. The van der Waals surface area contributed by atoms with Gasteiger partial charge in [0.1, 0.15) is 4.88 Å². The van der Waals surface area contributed by atoms with Crippen molar-refractivity contribution in [1.29, 1.82) is 0 Å². The zero-order valence-corrected chi connectivity index (χ0v) is 11.3. The summed E-state index contributed by atoms with van der Waals surface area (Å²) in [5.74, 6) is -0.642. The maximum absolute atomic E-state index is 12.2. The molecule has 7 heteroatoms. The van der Waals surface area contributed by atoms with Crippen molar-refractivity contribution in [2.24, 2.45) is 0 Å². The molecule has 1 aliphatic rings. The number of carbonyl (C=O) groups is 2. The van der Waals surface area contributed by atoms with Gasteiger partial charge in [0.25, 0.3) is 5.91 Å². The van der Waals surface area contributed by atoms with Crippen molar-refractivity contribution in [3.8, 4) is 0 Å². The summed E-state index contributed by atoms with van der Waals surface area (Å²) >= 11 is 7.21. The lowest BCUT2D eigenvalue weighted by Gasteiger charge is -2.31. The first kappa shape index (κ1) is 13.3. The molecular weight excluding hydrogens is 278 g/mol. The highest BCUT2D eigenvalue weighted by Crippen LogP contribution is 2.24. The highest BCUT2D eigenvalue weighted by atomic mass is 35.5. The van der Waals surface area contributed by atoms with Gasteiger partial charge in [-0.25, -0.2) is 4.79 Å². The molecule has 1 aliphatic heterocycles. The smallest absolute Gasteiger partial charge is 0.336 e. The van der Waals surface area contributed by atoms with Crippen LogP contribution in [0.15, 0.2) is 11.4 Å². The van der Waals surface area contributed by atoms with Crippen molar-refractivity contribution in [1.82, 2.24) is 4.90 Å². The summed E-state index contributed by atoms with van der Waals surface area (Å²) in [6, 6.07) is 1.68. The van der Waals surface area contributed by atoms with E-state index in [1.54, 1.807) is 16.3 Å². The number of morpholine rings is 1. The predicted octanol–water partition coefficient (Wildman–Crippen LogP) is 1.42. The first-order valence-corrected chi connectivity index (χ1v) is 6.61. The molecule has 1 aromatic rings. The number of halogens is 1. The zero-order chi connectivity index (χ0) is 13.1. The number of hydrogen-bond acceptors (Lipinski definition) is 5. The highest BCUT2D eigenvalue weighted by molar-refractivity contribution is 7.12. The third-order valence-corrected chi connectivity index (χ3v) is 3.96. The van der Waals surface area contributed by atoms with Gasteiger partial charge in [0, 0.05) is 6.54 Å². The third kappa shape index (κ3) is 2.66. The molecule has 1 aromatic heterocycles. The second kappa shape index (κ2) is 5.69. The van der Waals surface area contributed by atoms with Crippen molar-refractivity contribution in [3.63, 3.8) is 0 Å². The van der Waals surface area contributed by atoms with Crippen LogP contribution >= 0.6 is 22.9 Å². The zero-order valence-electron chi connectivity index (χ0n) is 9.72. The van der Waals surface area contributed by atoms with Gasteiger partial charge in [-0.15, -0.1) is 11.3 Å². The number of rotatable bonds is 2. The van der Waals surface area contributed by atoms with Crippen LogP contribution in [0, 0.1) is 0 Å². The largest absolute Gasteiger partial charge is 0.467 e. The summed E-state index contributed by atoms with van der Waals surface area (Å²) in [4.78, 5) is 25.6. The Hall–Kier alpha value is -1.11. The topological polar surface area (TPSA) is 55.8 Å². The van der Waals surface area contributed by atoms with Crippen molar-refractivity contribution in [2.75, 3.05) is 26.8 Å². The van der Waals surface area contributed by atoms with Crippen LogP contribution in [0.5, 0.6) is 0 Å². The summed E-state index contributed by atoms with van der Waals surface area (Å²) < 4.78 is 9.87. The van der Waals surface area contributed by atoms with E-state index >= 15 is 0 Å². The lowest BCUT2D eigenvalue weighted by atomic mass is 10.2. The number of thiophene rings is 1. The number of nitrogens with zero attached hydrogens (tertiary/aromatic N) is 1. The van der Waals surface area contributed by atoms with Gasteiger partial charge in [-0.3, -0.25) is 4.79 Å². The molecule has 1 unspecified atom stereocenters. The fourth-order valence-corrected chi connectivity index (χ4v) is 2.80. The molecule has 2 heterocycles. The summed E-state index contributed by atoms with van der Waals surface area (Å²) in [6.45, 7) is 0.953. The van der Waals surface area contributed by atoms with E-state index in [9.17, 15) is 9.59 Å². The van der Waals surface area contributed by atoms with Crippen LogP contribution in [-0.2, 0) is 14.3 Å². The van der Waals surface area contributed by atoms with E-state index in [0.29, 0.717) is 23.1 Å². The van der Waals surface area contributed by atoms with E-state index in [0.717, 1.165) is 0 Å². The third-order valence-electron chi connectivity index (χ3n) is 2.63. The predicted molar refractivity (Wildman–Crippen MR) is 67.0 cm³/mol. The second-order valence-electron chi connectivity index (χ2n) is 3.73. The van der Waals surface area contributed by atoms with Gasteiger partial charge in [0.15, 0.2) is 6.10 Å². The highest BCUT2D eigenvalue weighted by Gasteiger charge is 2.31. The van der Waals surface area contributed by atoms with E-state index in [4.69, 9.17) is 16.3 Å². The molecule has 0 aliphatic carbocycles. The number of esters is 1. The van der Waals surface area contributed by atoms with E-state index in [-0.39, 0.29) is 12.5 Å². The van der Waals surface area contributed by atoms with Gasteiger partial charge in [0.05, 0.1) is 25.3 Å². The molecule has 1 saturated heterocycles. The Kier molecular flexibility index (Phi) is 4.21. The molecule has 1 atom stereocenters. The first-order chi connectivity index (χ1) is 8.63. The molecule has 98 valence electrons. The molecule has 0 saturated carbocycles. The first-order valence-electron chi connectivity index (χ1n) is 5.35. The van der Waals surface area contributed by atoms with Crippen LogP contribution in [0.25, 0.3) is 0 Å². The average Bonchev–Trinajstić information content (AvgIpc) is 2.83. The van der Waals surface area contributed by atoms with Gasteiger partial charge in [-0.1, -0.05) is 11.6 Å². The lowest BCUT2D eigenvalue weighted by molar-refractivity contribution is -0.158. The fourth-order valence-electron chi connectivity index (χ4n) is 1.70. The Morgan fingerprint density at radius 3 is 3.00 bits per heavy atom. The van der Waals surface area contributed by atoms with Crippen molar-refractivity contribution in [3.05, 3.63) is 21.3 Å². The van der Waals surface area contributed by atoms with Crippen LogP contribution < -0.4 is 0 Å². The minimum Gasteiger partial charge on any atom is -0.467 e. The van der Waals surface area contributed by atoms with Gasteiger partial charge >= 0.3 is 5.97 Å². The second-order valence-corrected chi connectivity index (χ2v) is 5.05. The van der Waals surface area contributed by atoms with Crippen LogP contribution in [0.4, 0.5) is 0 Å². The summed E-state index contributed by atoms with van der Waals surface area (Å²) in [5, 5.41) is 2.19. The number of carbonyl (C=O) groups excluding carboxylic acids is 2. The van der Waals surface area contributed by atoms with Crippen molar-refractivity contribution >= 4 is 34.8 Å². The Morgan fingerprint density at radius 1 is 1.61 bits per heavy atom. The Labute approximate surface area is 113 Å². The molecular formula is C11H12ClNO4S. The van der Waals surface area contributed by atoms with Gasteiger partial charge in [-0.2, -0.15) is 0 Å².